The second-order valence-corrected chi connectivity index (χ2v) is 8.16. The van der Waals surface area contributed by atoms with Crippen LogP contribution in [0.3, 0.4) is 0 Å². The predicted octanol–water partition coefficient (Wildman–Crippen LogP) is 5.86. The zero-order valence-corrected chi connectivity index (χ0v) is 19.3. The quantitative estimate of drug-likeness (QED) is 0.179. The van der Waals surface area contributed by atoms with Crippen LogP contribution in [0.4, 0.5) is 5.69 Å². The molecule has 4 rings (SSSR count). The molecule has 0 saturated heterocycles. The molecule has 3 aromatic carbocycles. The lowest BCUT2D eigenvalue weighted by molar-refractivity contribution is -0.387. The summed E-state index contributed by atoms with van der Waals surface area (Å²) in [6.07, 6.45) is 0. The largest absolute Gasteiger partial charge is 0.493 e. The Bertz CT molecular complexity index is 1340. The van der Waals surface area contributed by atoms with Gasteiger partial charge >= 0.3 is 5.97 Å². The highest BCUT2D eigenvalue weighted by Gasteiger charge is 2.26. The molecule has 0 fully saturated rings. The number of para-hydroxylation sites is 3. The Hall–Kier alpha value is -4.11. The highest BCUT2D eigenvalue weighted by atomic mass is 32.2. The number of hydrogen-bond donors (Lipinski definition) is 0. The van der Waals surface area contributed by atoms with Gasteiger partial charge < -0.3 is 9.47 Å². The van der Waals surface area contributed by atoms with Crippen molar-refractivity contribution in [1.82, 2.24) is 9.78 Å². The van der Waals surface area contributed by atoms with Gasteiger partial charge in [0.15, 0.2) is 0 Å². The molecule has 0 amide bonds. The van der Waals surface area contributed by atoms with Gasteiger partial charge in [0.25, 0.3) is 5.69 Å². The average molecular weight is 476 g/mol. The summed E-state index contributed by atoms with van der Waals surface area (Å²) in [5, 5.41) is 16.1. The number of aryl methyl sites for hydroxylation is 1. The van der Waals surface area contributed by atoms with Crippen molar-refractivity contribution in [3.05, 3.63) is 100 Å². The van der Waals surface area contributed by atoms with Gasteiger partial charge in [-0.15, -0.1) is 0 Å². The highest BCUT2D eigenvalue weighted by molar-refractivity contribution is 7.99. The van der Waals surface area contributed by atoms with Gasteiger partial charge in [0.05, 0.1) is 32.7 Å². The lowest BCUT2D eigenvalue weighted by Gasteiger charge is -2.12. The summed E-state index contributed by atoms with van der Waals surface area (Å²) in [7, 11) is 0. The Kier molecular flexibility index (Phi) is 6.93. The maximum atomic E-state index is 13.2. The Morgan fingerprint density at radius 2 is 1.71 bits per heavy atom. The number of nitro groups is 1. The van der Waals surface area contributed by atoms with Crippen molar-refractivity contribution < 1.29 is 19.2 Å². The highest BCUT2D eigenvalue weighted by Crippen LogP contribution is 2.42. The van der Waals surface area contributed by atoms with Crippen molar-refractivity contribution in [1.29, 1.82) is 0 Å². The predicted molar refractivity (Wildman–Crippen MR) is 128 cm³/mol. The van der Waals surface area contributed by atoms with E-state index in [1.165, 1.54) is 10.7 Å². The Labute approximate surface area is 200 Å². The number of aromatic nitrogens is 2. The van der Waals surface area contributed by atoms with Crippen LogP contribution in [-0.2, 0) is 0 Å². The van der Waals surface area contributed by atoms with Gasteiger partial charge in [0.1, 0.15) is 11.3 Å². The van der Waals surface area contributed by atoms with E-state index in [1.54, 1.807) is 49.4 Å². The van der Waals surface area contributed by atoms with E-state index in [4.69, 9.17) is 9.47 Å². The molecule has 34 heavy (non-hydrogen) atoms. The molecule has 0 spiro atoms. The number of rotatable bonds is 8. The summed E-state index contributed by atoms with van der Waals surface area (Å²) in [6.45, 7) is 3.99. The summed E-state index contributed by atoms with van der Waals surface area (Å²) in [4.78, 5) is 25.2. The van der Waals surface area contributed by atoms with Gasteiger partial charge in [0, 0.05) is 6.07 Å². The molecule has 0 unspecified atom stereocenters. The molecule has 1 aromatic heterocycles. The second kappa shape index (κ2) is 10.2. The lowest BCUT2D eigenvalue weighted by Crippen LogP contribution is -2.14. The molecule has 0 aliphatic heterocycles. The second-order valence-electron chi connectivity index (χ2n) is 7.11. The first kappa shape index (κ1) is 23.1. The van der Waals surface area contributed by atoms with Crippen LogP contribution in [0.5, 0.6) is 11.6 Å². The molecule has 0 atom stereocenters. The smallest absolute Gasteiger partial charge is 0.348 e. The van der Waals surface area contributed by atoms with Crippen LogP contribution < -0.4 is 9.47 Å². The van der Waals surface area contributed by atoms with E-state index in [1.807, 2.05) is 37.3 Å². The fourth-order valence-corrected chi connectivity index (χ4v) is 4.32. The Balaban J connectivity index is 1.80. The zero-order valence-electron chi connectivity index (χ0n) is 18.5. The van der Waals surface area contributed by atoms with Crippen LogP contribution in [-0.4, -0.2) is 27.3 Å². The van der Waals surface area contributed by atoms with Crippen LogP contribution >= 0.6 is 11.8 Å². The molecule has 0 radical (unpaired) electrons. The third-order valence-corrected chi connectivity index (χ3v) is 6.08. The maximum absolute atomic E-state index is 13.2. The van der Waals surface area contributed by atoms with Crippen molar-refractivity contribution in [2.45, 2.75) is 23.6 Å². The van der Waals surface area contributed by atoms with E-state index in [-0.39, 0.29) is 17.1 Å². The van der Waals surface area contributed by atoms with Crippen molar-refractivity contribution in [2.75, 3.05) is 6.61 Å². The minimum absolute atomic E-state index is 0.0432. The van der Waals surface area contributed by atoms with Crippen LogP contribution in [0.2, 0.25) is 0 Å². The molecule has 0 bridgehead atoms. The summed E-state index contributed by atoms with van der Waals surface area (Å²) < 4.78 is 13.0. The number of carbonyl (C=O) groups excluding carboxylic acids is 1. The molecule has 4 aromatic rings. The minimum Gasteiger partial charge on any atom is -0.493 e. The number of esters is 1. The summed E-state index contributed by atoms with van der Waals surface area (Å²) >= 11 is 1.13. The zero-order chi connectivity index (χ0) is 24.1. The van der Waals surface area contributed by atoms with Crippen LogP contribution in [0.25, 0.3) is 5.69 Å². The van der Waals surface area contributed by atoms with Gasteiger partial charge in [-0.25, -0.2) is 4.79 Å². The fourth-order valence-electron chi connectivity index (χ4n) is 3.31. The van der Waals surface area contributed by atoms with E-state index < -0.39 is 10.9 Å². The monoisotopic (exact) mass is 475 g/mol. The molecule has 0 aliphatic rings. The number of nitrogens with zero attached hydrogens (tertiary/aromatic N) is 3. The van der Waals surface area contributed by atoms with E-state index in [0.717, 1.165) is 11.8 Å². The molecule has 9 heteroatoms. The Morgan fingerprint density at radius 1 is 1.03 bits per heavy atom. The molecule has 1 heterocycles. The van der Waals surface area contributed by atoms with Gasteiger partial charge in [-0.1, -0.05) is 54.2 Å². The summed E-state index contributed by atoms with van der Waals surface area (Å²) in [5.41, 5.74) is 1.47. The summed E-state index contributed by atoms with van der Waals surface area (Å²) in [6, 6.07) is 22.4. The third-order valence-electron chi connectivity index (χ3n) is 4.84. The van der Waals surface area contributed by atoms with Crippen molar-refractivity contribution in [3.63, 3.8) is 0 Å². The van der Waals surface area contributed by atoms with Crippen LogP contribution in [0.15, 0.2) is 88.7 Å². The number of ether oxygens (including phenoxy) is 2. The summed E-state index contributed by atoms with van der Waals surface area (Å²) in [5.74, 6) is -0.0425. The molecular weight excluding hydrogens is 454 g/mol. The Morgan fingerprint density at radius 3 is 2.44 bits per heavy atom. The van der Waals surface area contributed by atoms with E-state index in [9.17, 15) is 14.9 Å². The number of benzene rings is 3. The topological polar surface area (TPSA) is 96.5 Å². The normalized spacial score (nSPS) is 10.6. The molecule has 8 nitrogen and oxygen atoms in total. The van der Waals surface area contributed by atoms with Gasteiger partial charge in [-0.2, -0.15) is 9.78 Å². The molecule has 0 aliphatic carbocycles. The van der Waals surface area contributed by atoms with Crippen molar-refractivity contribution in [3.8, 4) is 17.3 Å². The molecular formula is C25H21N3O5S. The van der Waals surface area contributed by atoms with Crippen molar-refractivity contribution in [2.24, 2.45) is 0 Å². The number of hydrogen-bond acceptors (Lipinski definition) is 7. The van der Waals surface area contributed by atoms with Gasteiger partial charge in [-0.05, 0) is 44.2 Å². The average Bonchev–Trinajstić information content (AvgIpc) is 3.15. The fraction of sp³-hybridized carbons (Fsp3) is 0.120. The van der Waals surface area contributed by atoms with Crippen LogP contribution in [0, 0.1) is 17.0 Å². The molecule has 0 N–H and O–H groups in total. The lowest BCUT2D eigenvalue weighted by atomic mass is 10.2. The molecule has 0 saturated carbocycles. The van der Waals surface area contributed by atoms with Gasteiger partial charge in [0.2, 0.25) is 5.88 Å². The van der Waals surface area contributed by atoms with E-state index >= 15 is 0 Å². The standard InChI is InChI=1S/C25H21N3O5S/c1-3-32-21-15-9-7-13-19(21)25(29)33-24-23(34-22-16-10-8-14-20(22)28(30)31)17(2)26-27(24)18-11-5-4-6-12-18/h4-16H,3H2,1-2H3. The SMILES string of the molecule is CCOc1ccccc1C(=O)Oc1c(Sc2ccccc2[N+](=O)[O-])c(C)nn1-c1ccccc1. The number of carbonyl (C=O) groups is 1. The first-order chi connectivity index (χ1) is 16.5. The first-order valence-corrected chi connectivity index (χ1v) is 11.3. The molecule has 172 valence electrons. The first-order valence-electron chi connectivity index (χ1n) is 10.5. The number of nitro benzene ring substituents is 1. The maximum Gasteiger partial charge on any atom is 0.348 e. The minimum atomic E-state index is -0.620. The van der Waals surface area contributed by atoms with E-state index in [2.05, 4.69) is 5.10 Å². The van der Waals surface area contributed by atoms with Crippen LogP contribution in [0.1, 0.15) is 23.0 Å². The third kappa shape index (κ3) is 4.79. The van der Waals surface area contributed by atoms with Crippen molar-refractivity contribution >= 4 is 23.4 Å². The van der Waals surface area contributed by atoms with Gasteiger partial charge in [-0.3, -0.25) is 10.1 Å². The van der Waals surface area contributed by atoms with E-state index in [0.29, 0.717) is 33.5 Å².